The molecule has 0 aromatic heterocycles. The van der Waals surface area contributed by atoms with Crippen molar-refractivity contribution in [1.29, 1.82) is 0 Å². The average molecular weight is 288 g/mol. The lowest BCUT2D eigenvalue weighted by Gasteiger charge is -2.29. The fraction of sp³-hybridized carbons (Fsp3) is 0.933. The van der Waals surface area contributed by atoms with Crippen LogP contribution in [0.1, 0.15) is 47.0 Å². The number of carbonyl (C=O) groups is 1. The highest BCUT2D eigenvalue weighted by molar-refractivity contribution is 5.78. The van der Waals surface area contributed by atoms with Crippen LogP contribution in [-0.4, -0.2) is 60.9 Å². The molecule has 0 fully saturated rings. The highest BCUT2D eigenvalue weighted by Crippen LogP contribution is 2.16. The molecule has 0 aliphatic carbocycles. The molecule has 5 heteroatoms. The van der Waals surface area contributed by atoms with Gasteiger partial charge in [-0.2, -0.15) is 0 Å². The predicted octanol–water partition coefficient (Wildman–Crippen LogP) is 1.96. The van der Waals surface area contributed by atoms with E-state index >= 15 is 0 Å². The van der Waals surface area contributed by atoms with Gasteiger partial charge in [-0.05, 0) is 60.5 Å². The van der Waals surface area contributed by atoms with Gasteiger partial charge in [-0.15, -0.1) is 0 Å². The lowest BCUT2D eigenvalue weighted by Crippen LogP contribution is -2.52. The molecule has 0 aromatic rings. The molecule has 0 bridgehead atoms. The highest BCUT2D eigenvalue weighted by atomic mass is 16.5. The third kappa shape index (κ3) is 7.22. The summed E-state index contributed by atoms with van der Waals surface area (Å²) in [5.74, 6) is -0.771. The van der Waals surface area contributed by atoms with Crippen LogP contribution in [-0.2, 0) is 9.53 Å². The Morgan fingerprint density at radius 3 is 2.40 bits per heavy atom. The van der Waals surface area contributed by atoms with Gasteiger partial charge in [-0.1, -0.05) is 0 Å². The maximum Gasteiger partial charge on any atom is 0.323 e. The number of nitrogens with zero attached hydrogens (tertiary/aromatic N) is 1. The molecular weight excluding hydrogens is 256 g/mol. The van der Waals surface area contributed by atoms with Crippen molar-refractivity contribution in [3.63, 3.8) is 0 Å². The second kappa shape index (κ2) is 9.32. The second-order valence-electron chi connectivity index (χ2n) is 6.18. The Morgan fingerprint density at radius 1 is 1.35 bits per heavy atom. The Labute approximate surface area is 123 Å². The van der Waals surface area contributed by atoms with E-state index in [1.165, 1.54) is 0 Å². The maximum absolute atomic E-state index is 11.4. The zero-order valence-electron chi connectivity index (χ0n) is 13.9. The van der Waals surface area contributed by atoms with E-state index in [4.69, 9.17) is 4.74 Å². The molecule has 0 aromatic carbocycles. The van der Waals surface area contributed by atoms with E-state index in [9.17, 15) is 9.90 Å². The van der Waals surface area contributed by atoms with E-state index in [2.05, 4.69) is 24.2 Å². The maximum atomic E-state index is 11.4. The van der Waals surface area contributed by atoms with Crippen LogP contribution in [0.15, 0.2) is 0 Å². The number of rotatable bonds is 11. The molecular formula is C15H32N2O3. The Balaban J connectivity index is 4.10. The first kappa shape index (κ1) is 19.4. The van der Waals surface area contributed by atoms with Crippen LogP contribution in [0.25, 0.3) is 0 Å². The van der Waals surface area contributed by atoms with Crippen LogP contribution in [0.3, 0.4) is 0 Å². The number of aliphatic carboxylic acids is 1. The molecule has 0 aliphatic heterocycles. The number of hydrogen-bond acceptors (Lipinski definition) is 4. The lowest BCUT2D eigenvalue weighted by molar-refractivity contribution is -0.144. The number of hydrogen-bond donors (Lipinski definition) is 2. The Hall–Kier alpha value is -0.650. The molecule has 5 nitrogen and oxygen atoms in total. The second-order valence-corrected chi connectivity index (χ2v) is 6.18. The summed E-state index contributed by atoms with van der Waals surface area (Å²) in [4.78, 5) is 13.6. The number of methoxy groups -OCH3 is 1. The van der Waals surface area contributed by atoms with Crippen molar-refractivity contribution in [2.24, 2.45) is 0 Å². The van der Waals surface area contributed by atoms with Gasteiger partial charge in [0.1, 0.15) is 5.54 Å². The largest absolute Gasteiger partial charge is 0.480 e. The molecule has 0 radical (unpaired) electrons. The molecule has 20 heavy (non-hydrogen) atoms. The summed E-state index contributed by atoms with van der Waals surface area (Å²) in [6, 6.07) is 0.556. The molecule has 0 rings (SSSR count). The molecule has 0 heterocycles. The van der Waals surface area contributed by atoms with Crippen molar-refractivity contribution in [2.45, 2.75) is 64.6 Å². The van der Waals surface area contributed by atoms with Crippen molar-refractivity contribution >= 4 is 5.97 Å². The number of carboxylic acid groups (broad SMARTS) is 1. The average Bonchev–Trinajstić information content (AvgIpc) is 2.33. The van der Waals surface area contributed by atoms with Crippen molar-refractivity contribution in [3.8, 4) is 0 Å². The molecule has 0 amide bonds. The first-order valence-electron chi connectivity index (χ1n) is 7.43. The highest BCUT2D eigenvalue weighted by Gasteiger charge is 2.32. The fourth-order valence-electron chi connectivity index (χ4n) is 2.31. The lowest BCUT2D eigenvalue weighted by atomic mass is 9.94. The molecule has 120 valence electrons. The molecule has 0 saturated heterocycles. The first-order valence-corrected chi connectivity index (χ1v) is 7.43. The van der Waals surface area contributed by atoms with E-state index in [0.717, 1.165) is 26.0 Å². The van der Waals surface area contributed by atoms with Crippen LogP contribution in [0.4, 0.5) is 0 Å². The van der Waals surface area contributed by atoms with Gasteiger partial charge in [0, 0.05) is 19.2 Å². The van der Waals surface area contributed by atoms with Gasteiger partial charge in [0.05, 0.1) is 6.61 Å². The normalized spacial score (nSPS) is 16.4. The summed E-state index contributed by atoms with van der Waals surface area (Å²) >= 11 is 0. The minimum absolute atomic E-state index is 0.167. The Morgan fingerprint density at radius 2 is 1.95 bits per heavy atom. The quantitative estimate of drug-likeness (QED) is 0.569. The van der Waals surface area contributed by atoms with Crippen molar-refractivity contribution in [1.82, 2.24) is 10.2 Å². The summed E-state index contributed by atoms with van der Waals surface area (Å²) in [5, 5.41) is 12.5. The summed E-state index contributed by atoms with van der Waals surface area (Å²) in [5.41, 5.74) is -0.828. The molecule has 2 atom stereocenters. The Bertz CT molecular complexity index is 284. The third-order valence-corrected chi connectivity index (χ3v) is 3.68. The standard InChI is InChI=1S/C15H32N2O3/c1-12(2)16-15(4,14(18)19)9-7-8-10-17(5)13(3)11-20-6/h12-13,16H,7-11H2,1-6H3,(H,18,19). The van der Waals surface area contributed by atoms with E-state index in [1.54, 1.807) is 14.0 Å². The van der Waals surface area contributed by atoms with E-state index in [0.29, 0.717) is 12.5 Å². The number of unbranched alkanes of at least 4 members (excludes halogenated alkanes) is 1. The van der Waals surface area contributed by atoms with Crippen molar-refractivity contribution < 1.29 is 14.6 Å². The molecule has 2 N–H and O–H groups in total. The predicted molar refractivity (Wildman–Crippen MR) is 82.1 cm³/mol. The van der Waals surface area contributed by atoms with Gasteiger partial charge in [0.15, 0.2) is 0 Å². The van der Waals surface area contributed by atoms with Gasteiger partial charge in [0.2, 0.25) is 0 Å². The van der Waals surface area contributed by atoms with Crippen molar-refractivity contribution in [3.05, 3.63) is 0 Å². The number of ether oxygens (including phenoxy) is 1. The van der Waals surface area contributed by atoms with E-state index in [1.807, 2.05) is 13.8 Å². The molecule has 0 spiro atoms. The van der Waals surface area contributed by atoms with Gasteiger partial charge >= 0.3 is 5.97 Å². The van der Waals surface area contributed by atoms with Gasteiger partial charge < -0.3 is 14.7 Å². The van der Waals surface area contributed by atoms with Crippen LogP contribution in [0.2, 0.25) is 0 Å². The van der Waals surface area contributed by atoms with Crippen LogP contribution in [0, 0.1) is 0 Å². The SMILES string of the molecule is COCC(C)N(C)CCCCC(C)(NC(C)C)C(=O)O. The van der Waals surface area contributed by atoms with Gasteiger partial charge in [-0.25, -0.2) is 0 Å². The molecule has 0 aliphatic rings. The summed E-state index contributed by atoms with van der Waals surface area (Å²) in [6.45, 7) is 9.53. The van der Waals surface area contributed by atoms with Gasteiger partial charge in [0.25, 0.3) is 0 Å². The van der Waals surface area contributed by atoms with Crippen LogP contribution in [0.5, 0.6) is 0 Å². The third-order valence-electron chi connectivity index (χ3n) is 3.68. The summed E-state index contributed by atoms with van der Waals surface area (Å²) in [6.07, 6.45) is 2.53. The molecule has 2 unspecified atom stereocenters. The minimum Gasteiger partial charge on any atom is -0.480 e. The zero-order chi connectivity index (χ0) is 15.8. The monoisotopic (exact) mass is 288 g/mol. The van der Waals surface area contributed by atoms with Crippen LogP contribution >= 0.6 is 0 Å². The smallest absolute Gasteiger partial charge is 0.323 e. The molecule has 0 saturated carbocycles. The zero-order valence-corrected chi connectivity index (χ0v) is 13.9. The number of nitrogens with one attached hydrogen (secondary N) is 1. The van der Waals surface area contributed by atoms with Crippen molar-refractivity contribution in [2.75, 3.05) is 27.3 Å². The first-order chi connectivity index (χ1) is 9.23. The topological polar surface area (TPSA) is 61.8 Å². The number of carboxylic acids is 1. The fourth-order valence-corrected chi connectivity index (χ4v) is 2.31. The Kier molecular flexibility index (Phi) is 9.01. The summed E-state index contributed by atoms with van der Waals surface area (Å²) in [7, 11) is 3.78. The minimum atomic E-state index is -0.828. The summed E-state index contributed by atoms with van der Waals surface area (Å²) < 4.78 is 5.13. The van der Waals surface area contributed by atoms with E-state index < -0.39 is 11.5 Å². The van der Waals surface area contributed by atoms with E-state index in [-0.39, 0.29) is 6.04 Å². The van der Waals surface area contributed by atoms with Crippen LogP contribution < -0.4 is 5.32 Å². The number of likely N-dealkylation sites (N-methyl/N-ethyl adjacent to an activating group) is 1. The van der Waals surface area contributed by atoms with Gasteiger partial charge in [-0.3, -0.25) is 10.1 Å².